The first-order chi connectivity index (χ1) is 12.6. The number of fused-ring (bicyclic) bond motifs is 2. The molecule has 1 aliphatic rings. The molecule has 0 fully saturated rings. The number of carbonyl (C=O) groups is 1. The molecule has 4 rings (SSSR count). The van der Waals surface area contributed by atoms with Gasteiger partial charge in [-0.15, -0.1) is 0 Å². The average molecular weight is 386 g/mol. The maximum Gasteiger partial charge on any atom is 0.433 e. The van der Waals surface area contributed by atoms with E-state index in [1.54, 1.807) is 0 Å². The Hall–Kier alpha value is -3.11. The van der Waals surface area contributed by atoms with Crippen LogP contribution < -0.4 is 5.32 Å². The van der Waals surface area contributed by atoms with Crippen molar-refractivity contribution in [3.8, 4) is 5.69 Å². The standard InChI is InChI=1S/C16H8F6N4O/c17-8-5-7(3-6-4-11(27)25-12(6)8)26-14-9(23-15(26)13(18)19)1-2-10(24-14)16(20,21)22/h1-3,5,13H,4H2,(H,25,27). The number of benzene rings is 1. The summed E-state index contributed by atoms with van der Waals surface area (Å²) in [6.45, 7) is 0. The fraction of sp³-hybridized carbons (Fsp3) is 0.188. The van der Waals surface area contributed by atoms with Gasteiger partial charge in [-0.3, -0.25) is 9.36 Å². The van der Waals surface area contributed by atoms with Crippen molar-refractivity contribution >= 4 is 22.8 Å². The smallest absolute Gasteiger partial charge is 0.323 e. The molecule has 1 N–H and O–H groups in total. The van der Waals surface area contributed by atoms with E-state index in [0.717, 1.165) is 12.1 Å². The second kappa shape index (κ2) is 5.69. The summed E-state index contributed by atoms with van der Waals surface area (Å²) in [6, 6.07) is 3.62. The number of imidazole rings is 1. The minimum Gasteiger partial charge on any atom is -0.323 e. The summed E-state index contributed by atoms with van der Waals surface area (Å²) in [5, 5.41) is 2.29. The zero-order chi connectivity index (χ0) is 19.5. The van der Waals surface area contributed by atoms with Gasteiger partial charge < -0.3 is 5.32 Å². The number of anilines is 1. The van der Waals surface area contributed by atoms with Crippen LogP contribution in [0, 0.1) is 5.82 Å². The summed E-state index contributed by atoms with van der Waals surface area (Å²) < 4.78 is 80.7. The molecule has 0 aliphatic carbocycles. The summed E-state index contributed by atoms with van der Waals surface area (Å²) in [5.74, 6) is -2.26. The third kappa shape index (κ3) is 2.78. The van der Waals surface area contributed by atoms with Crippen LogP contribution in [0.4, 0.5) is 32.0 Å². The quantitative estimate of drug-likeness (QED) is 0.677. The fourth-order valence-electron chi connectivity index (χ4n) is 2.95. The van der Waals surface area contributed by atoms with Gasteiger partial charge in [0.25, 0.3) is 6.43 Å². The Morgan fingerprint density at radius 2 is 1.89 bits per heavy atom. The van der Waals surface area contributed by atoms with Crippen LogP contribution in [0.25, 0.3) is 16.9 Å². The molecular formula is C16H8F6N4O. The van der Waals surface area contributed by atoms with Gasteiger partial charge in [-0.2, -0.15) is 13.2 Å². The summed E-state index contributed by atoms with van der Waals surface area (Å²) in [7, 11) is 0. The van der Waals surface area contributed by atoms with Gasteiger partial charge in [0.1, 0.15) is 17.0 Å². The van der Waals surface area contributed by atoms with Crippen molar-refractivity contribution in [2.45, 2.75) is 19.0 Å². The number of alkyl halides is 5. The Bertz CT molecular complexity index is 1090. The van der Waals surface area contributed by atoms with Crippen LogP contribution in [0.2, 0.25) is 0 Å². The number of carbonyl (C=O) groups excluding carboxylic acids is 1. The molecule has 0 atom stereocenters. The highest BCUT2D eigenvalue weighted by Gasteiger charge is 2.34. The molecule has 0 radical (unpaired) electrons. The van der Waals surface area contributed by atoms with Crippen molar-refractivity contribution < 1.29 is 31.1 Å². The van der Waals surface area contributed by atoms with Crippen LogP contribution in [0.15, 0.2) is 24.3 Å². The Morgan fingerprint density at radius 1 is 1.15 bits per heavy atom. The lowest BCUT2D eigenvalue weighted by atomic mass is 10.1. The maximum atomic E-state index is 14.3. The van der Waals surface area contributed by atoms with E-state index in [2.05, 4.69) is 15.3 Å². The second-order valence-electron chi connectivity index (χ2n) is 5.83. The molecule has 140 valence electrons. The van der Waals surface area contributed by atoms with Crippen LogP contribution in [0.3, 0.4) is 0 Å². The lowest BCUT2D eigenvalue weighted by Gasteiger charge is -2.11. The van der Waals surface area contributed by atoms with Crippen LogP contribution >= 0.6 is 0 Å². The number of halogens is 6. The van der Waals surface area contributed by atoms with Gasteiger partial charge in [-0.1, -0.05) is 0 Å². The number of hydrogen-bond acceptors (Lipinski definition) is 3. The van der Waals surface area contributed by atoms with E-state index >= 15 is 0 Å². The third-order valence-electron chi connectivity index (χ3n) is 4.05. The highest BCUT2D eigenvalue weighted by molar-refractivity contribution is 5.99. The van der Waals surface area contributed by atoms with E-state index in [-0.39, 0.29) is 28.9 Å². The number of amides is 1. The van der Waals surface area contributed by atoms with Crippen LogP contribution in [-0.2, 0) is 17.4 Å². The molecule has 1 amide bonds. The molecule has 2 aromatic heterocycles. The maximum absolute atomic E-state index is 14.3. The SMILES string of the molecule is O=C1Cc2cc(-n3c(C(F)F)nc4ccc(C(F)(F)F)nc43)cc(F)c2N1. The predicted octanol–water partition coefficient (Wildman–Crippen LogP) is 4.01. The largest absolute Gasteiger partial charge is 0.433 e. The van der Waals surface area contributed by atoms with E-state index in [9.17, 15) is 31.1 Å². The van der Waals surface area contributed by atoms with Crippen molar-refractivity contribution in [2.75, 3.05) is 5.32 Å². The van der Waals surface area contributed by atoms with Crippen LogP contribution in [-0.4, -0.2) is 20.4 Å². The highest BCUT2D eigenvalue weighted by Crippen LogP contribution is 2.34. The Balaban J connectivity index is 2.00. The van der Waals surface area contributed by atoms with Gasteiger partial charge in [-0.25, -0.2) is 23.1 Å². The van der Waals surface area contributed by atoms with E-state index in [1.165, 1.54) is 6.07 Å². The van der Waals surface area contributed by atoms with E-state index in [0.29, 0.717) is 10.6 Å². The second-order valence-corrected chi connectivity index (χ2v) is 5.83. The van der Waals surface area contributed by atoms with Gasteiger partial charge in [0.2, 0.25) is 5.91 Å². The number of aromatic nitrogens is 3. The molecule has 1 aliphatic heterocycles. The number of nitrogens with one attached hydrogen (secondary N) is 1. The van der Waals surface area contributed by atoms with Crippen molar-refractivity contribution in [1.82, 2.24) is 14.5 Å². The Labute approximate surface area is 146 Å². The lowest BCUT2D eigenvalue weighted by molar-refractivity contribution is -0.141. The molecule has 5 nitrogen and oxygen atoms in total. The van der Waals surface area contributed by atoms with E-state index < -0.39 is 41.5 Å². The van der Waals surface area contributed by atoms with Crippen molar-refractivity contribution in [3.05, 3.63) is 47.2 Å². The van der Waals surface area contributed by atoms with Crippen LogP contribution in [0.5, 0.6) is 0 Å². The summed E-state index contributed by atoms with van der Waals surface area (Å²) in [4.78, 5) is 18.5. The molecule has 1 aromatic carbocycles. The lowest BCUT2D eigenvalue weighted by Crippen LogP contribution is -2.09. The average Bonchev–Trinajstić information content (AvgIpc) is 3.13. The topological polar surface area (TPSA) is 59.8 Å². The van der Waals surface area contributed by atoms with Gasteiger partial charge in [0.05, 0.1) is 17.8 Å². The molecule has 0 bridgehead atoms. The minimum atomic E-state index is -4.80. The van der Waals surface area contributed by atoms with Crippen molar-refractivity contribution in [3.63, 3.8) is 0 Å². The zero-order valence-corrected chi connectivity index (χ0v) is 13.1. The van der Waals surface area contributed by atoms with Crippen molar-refractivity contribution in [2.24, 2.45) is 0 Å². The highest BCUT2D eigenvalue weighted by atomic mass is 19.4. The molecule has 0 spiro atoms. The zero-order valence-electron chi connectivity index (χ0n) is 13.1. The van der Waals surface area contributed by atoms with Crippen molar-refractivity contribution in [1.29, 1.82) is 0 Å². The van der Waals surface area contributed by atoms with E-state index in [4.69, 9.17) is 0 Å². The fourth-order valence-corrected chi connectivity index (χ4v) is 2.95. The Morgan fingerprint density at radius 3 is 2.56 bits per heavy atom. The molecule has 0 unspecified atom stereocenters. The third-order valence-corrected chi connectivity index (χ3v) is 4.05. The minimum absolute atomic E-state index is 0.0873. The molecule has 27 heavy (non-hydrogen) atoms. The molecule has 3 heterocycles. The number of rotatable bonds is 2. The van der Waals surface area contributed by atoms with E-state index in [1.807, 2.05) is 0 Å². The van der Waals surface area contributed by atoms with Gasteiger partial charge in [0.15, 0.2) is 11.5 Å². The predicted molar refractivity (Wildman–Crippen MR) is 81.1 cm³/mol. The molecule has 3 aromatic rings. The van der Waals surface area contributed by atoms with Crippen LogP contribution in [0.1, 0.15) is 23.5 Å². The first kappa shape index (κ1) is 17.3. The normalized spacial score (nSPS) is 14.1. The number of nitrogens with zero attached hydrogens (tertiary/aromatic N) is 3. The molecule has 0 saturated carbocycles. The molecule has 11 heteroatoms. The first-order valence-corrected chi connectivity index (χ1v) is 7.52. The van der Waals surface area contributed by atoms with Gasteiger partial charge >= 0.3 is 6.18 Å². The first-order valence-electron chi connectivity index (χ1n) is 7.52. The number of pyridine rings is 1. The summed E-state index contributed by atoms with van der Waals surface area (Å²) in [6.07, 6.45) is -8.13. The molecule has 0 saturated heterocycles. The van der Waals surface area contributed by atoms with Gasteiger partial charge in [0, 0.05) is 6.07 Å². The van der Waals surface area contributed by atoms with Gasteiger partial charge in [-0.05, 0) is 23.8 Å². The summed E-state index contributed by atoms with van der Waals surface area (Å²) >= 11 is 0. The monoisotopic (exact) mass is 386 g/mol. The molecular weight excluding hydrogens is 378 g/mol. The Kier molecular flexibility index (Phi) is 3.65. The number of hydrogen-bond donors (Lipinski definition) is 1. The summed E-state index contributed by atoms with van der Waals surface area (Å²) in [5.41, 5.74) is -2.08.